The van der Waals surface area contributed by atoms with Gasteiger partial charge in [-0.25, -0.2) is 0 Å². The van der Waals surface area contributed by atoms with Crippen molar-refractivity contribution in [2.75, 3.05) is 0 Å². The first-order chi connectivity index (χ1) is 9.53. The van der Waals surface area contributed by atoms with E-state index in [-0.39, 0.29) is 0 Å². The molecule has 0 N–H and O–H groups in total. The average Bonchev–Trinajstić information content (AvgIpc) is 2.72. The van der Waals surface area contributed by atoms with E-state index in [0.29, 0.717) is 10.8 Å². The Morgan fingerprint density at radius 1 is 1.15 bits per heavy atom. The van der Waals surface area contributed by atoms with Gasteiger partial charge in [-0.05, 0) is 85.0 Å². The minimum absolute atomic E-state index is 0.505. The van der Waals surface area contributed by atoms with Crippen LogP contribution in [0, 0.1) is 34.5 Å². The van der Waals surface area contributed by atoms with E-state index in [2.05, 4.69) is 39.0 Å². The van der Waals surface area contributed by atoms with E-state index in [0.717, 1.165) is 23.7 Å². The summed E-state index contributed by atoms with van der Waals surface area (Å²) in [5, 5.41) is 0. The zero-order valence-corrected chi connectivity index (χ0v) is 13.5. The quantitative estimate of drug-likeness (QED) is 0.525. The predicted molar refractivity (Wildman–Crippen MR) is 85.4 cm³/mol. The molecule has 0 spiro atoms. The molecule has 20 heavy (non-hydrogen) atoms. The van der Waals surface area contributed by atoms with Crippen molar-refractivity contribution in [1.82, 2.24) is 0 Å². The average molecular weight is 270 g/mol. The van der Waals surface area contributed by atoms with Crippen LogP contribution < -0.4 is 0 Å². The standard InChI is InChI=1S/C20H30/c1-14-12-18-16-8-7-15-6-4-5-10-20(15,3)17(16)9-11-19(18,2)13-14/h4,6-7,14,16-18H,5,8-13H2,1-3H3/t14-,16-,17+,18+,19-,20+/m1/s1. The lowest BCUT2D eigenvalue weighted by molar-refractivity contribution is -0.0179. The maximum absolute atomic E-state index is 2.62. The molecule has 0 heterocycles. The molecule has 2 fully saturated rings. The maximum atomic E-state index is 2.62. The molecule has 4 rings (SSSR count). The van der Waals surface area contributed by atoms with Gasteiger partial charge in [-0.15, -0.1) is 0 Å². The van der Waals surface area contributed by atoms with E-state index in [9.17, 15) is 0 Å². The Kier molecular flexibility index (Phi) is 2.79. The summed E-state index contributed by atoms with van der Waals surface area (Å²) in [5.41, 5.74) is 2.86. The predicted octanol–water partition coefficient (Wildman–Crippen LogP) is 5.75. The normalized spacial score (nSPS) is 53.9. The molecular formula is C20H30. The van der Waals surface area contributed by atoms with Crippen LogP contribution in [0.4, 0.5) is 0 Å². The van der Waals surface area contributed by atoms with Gasteiger partial charge in [0.2, 0.25) is 0 Å². The molecule has 0 aromatic carbocycles. The van der Waals surface area contributed by atoms with E-state index in [1.54, 1.807) is 5.57 Å². The van der Waals surface area contributed by atoms with Crippen LogP contribution in [0.3, 0.4) is 0 Å². The van der Waals surface area contributed by atoms with Gasteiger partial charge in [-0.3, -0.25) is 0 Å². The topological polar surface area (TPSA) is 0 Å². The lowest BCUT2D eigenvalue weighted by Crippen LogP contribution is -2.47. The molecule has 0 amide bonds. The summed E-state index contributed by atoms with van der Waals surface area (Å²) in [6, 6.07) is 0. The van der Waals surface area contributed by atoms with Crippen molar-refractivity contribution in [1.29, 1.82) is 0 Å². The molecule has 0 aliphatic heterocycles. The van der Waals surface area contributed by atoms with Crippen LogP contribution in [0.2, 0.25) is 0 Å². The van der Waals surface area contributed by atoms with Gasteiger partial charge in [-0.2, -0.15) is 0 Å². The van der Waals surface area contributed by atoms with Gasteiger partial charge in [0.15, 0.2) is 0 Å². The highest BCUT2D eigenvalue weighted by molar-refractivity contribution is 5.33. The smallest absolute Gasteiger partial charge is 0.00445 e. The number of hydrogen-bond donors (Lipinski definition) is 0. The summed E-state index contributed by atoms with van der Waals surface area (Å²) in [4.78, 5) is 0. The number of allylic oxidation sites excluding steroid dienone is 4. The first-order valence-corrected chi connectivity index (χ1v) is 8.90. The second-order valence-corrected chi connectivity index (χ2v) is 8.87. The highest BCUT2D eigenvalue weighted by Gasteiger charge is 2.55. The van der Waals surface area contributed by atoms with Crippen LogP contribution in [-0.4, -0.2) is 0 Å². The Bertz CT molecular complexity index is 470. The Morgan fingerprint density at radius 3 is 2.85 bits per heavy atom. The van der Waals surface area contributed by atoms with Gasteiger partial charge in [0, 0.05) is 0 Å². The SMILES string of the molecule is C[C@@H]1C[C@H]2[C@@H]3CC=C4C=CCC[C@]4(C)[C@H]3CC[C@]2(C)C1. The molecule has 0 heteroatoms. The third-order valence-electron chi connectivity index (χ3n) is 7.64. The molecule has 0 bridgehead atoms. The third-order valence-corrected chi connectivity index (χ3v) is 7.64. The minimum atomic E-state index is 0.505. The molecular weight excluding hydrogens is 240 g/mol. The van der Waals surface area contributed by atoms with Crippen molar-refractivity contribution in [2.24, 2.45) is 34.5 Å². The highest BCUT2D eigenvalue weighted by Crippen LogP contribution is 2.64. The molecule has 4 aliphatic carbocycles. The first-order valence-electron chi connectivity index (χ1n) is 8.90. The molecule has 0 aromatic rings. The Balaban J connectivity index is 1.71. The molecule has 2 saturated carbocycles. The molecule has 4 aliphatic rings. The van der Waals surface area contributed by atoms with Crippen molar-refractivity contribution in [3.05, 3.63) is 23.8 Å². The maximum Gasteiger partial charge on any atom is -0.00445 e. The van der Waals surface area contributed by atoms with E-state index < -0.39 is 0 Å². The largest absolute Gasteiger partial charge is 0.0842 e. The number of fused-ring (bicyclic) bond motifs is 5. The second-order valence-electron chi connectivity index (χ2n) is 8.87. The van der Waals surface area contributed by atoms with Crippen molar-refractivity contribution in [3.63, 3.8) is 0 Å². The molecule has 6 atom stereocenters. The summed E-state index contributed by atoms with van der Waals surface area (Å²) in [5.74, 6) is 3.93. The summed E-state index contributed by atoms with van der Waals surface area (Å²) in [6.07, 6.45) is 17.5. The first kappa shape index (κ1) is 13.2. The fourth-order valence-corrected chi connectivity index (χ4v) is 6.72. The number of hydrogen-bond acceptors (Lipinski definition) is 0. The zero-order chi connectivity index (χ0) is 14.0. The van der Waals surface area contributed by atoms with Crippen molar-refractivity contribution in [3.8, 4) is 0 Å². The summed E-state index contributed by atoms with van der Waals surface area (Å²) < 4.78 is 0. The molecule has 0 radical (unpaired) electrons. The zero-order valence-electron chi connectivity index (χ0n) is 13.5. The van der Waals surface area contributed by atoms with Crippen molar-refractivity contribution >= 4 is 0 Å². The van der Waals surface area contributed by atoms with E-state index in [1.807, 2.05) is 0 Å². The van der Waals surface area contributed by atoms with Gasteiger partial charge in [0.05, 0.1) is 0 Å². The fraction of sp³-hybridized carbons (Fsp3) is 0.800. The van der Waals surface area contributed by atoms with Crippen molar-refractivity contribution in [2.45, 2.75) is 65.7 Å². The highest BCUT2D eigenvalue weighted by atomic mass is 14.6. The van der Waals surface area contributed by atoms with Gasteiger partial charge in [0.1, 0.15) is 0 Å². The fourth-order valence-electron chi connectivity index (χ4n) is 6.72. The Labute approximate surface area is 124 Å². The van der Waals surface area contributed by atoms with Crippen LogP contribution in [0.25, 0.3) is 0 Å². The van der Waals surface area contributed by atoms with E-state index in [1.165, 1.54) is 44.9 Å². The summed E-state index contributed by atoms with van der Waals surface area (Å²) in [6.45, 7) is 7.69. The molecule has 0 aromatic heterocycles. The van der Waals surface area contributed by atoms with Crippen LogP contribution in [0.1, 0.15) is 65.7 Å². The van der Waals surface area contributed by atoms with Crippen LogP contribution in [0.5, 0.6) is 0 Å². The molecule has 0 unspecified atom stereocenters. The molecule has 0 saturated heterocycles. The molecule has 0 nitrogen and oxygen atoms in total. The summed E-state index contributed by atoms with van der Waals surface area (Å²) in [7, 11) is 0. The van der Waals surface area contributed by atoms with Crippen molar-refractivity contribution < 1.29 is 0 Å². The number of rotatable bonds is 0. The summed E-state index contributed by atoms with van der Waals surface area (Å²) >= 11 is 0. The Morgan fingerprint density at radius 2 is 2.00 bits per heavy atom. The van der Waals surface area contributed by atoms with E-state index >= 15 is 0 Å². The molecule has 110 valence electrons. The van der Waals surface area contributed by atoms with Gasteiger partial charge >= 0.3 is 0 Å². The lowest BCUT2D eigenvalue weighted by atomic mass is 9.49. The van der Waals surface area contributed by atoms with E-state index in [4.69, 9.17) is 0 Å². The third kappa shape index (κ3) is 1.66. The van der Waals surface area contributed by atoms with Gasteiger partial charge < -0.3 is 0 Å². The second kappa shape index (κ2) is 4.24. The lowest BCUT2D eigenvalue weighted by Gasteiger charge is -2.56. The van der Waals surface area contributed by atoms with Crippen LogP contribution in [0.15, 0.2) is 23.8 Å². The van der Waals surface area contributed by atoms with Gasteiger partial charge in [0.25, 0.3) is 0 Å². The monoisotopic (exact) mass is 270 g/mol. The minimum Gasteiger partial charge on any atom is -0.0842 e. The van der Waals surface area contributed by atoms with Crippen LogP contribution in [-0.2, 0) is 0 Å². The van der Waals surface area contributed by atoms with Gasteiger partial charge in [-0.1, -0.05) is 39.0 Å². The van der Waals surface area contributed by atoms with Crippen LogP contribution >= 0.6 is 0 Å². The Hall–Kier alpha value is -0.520.